The number of aromatic amines is 2. The van der Waals surface area contributed by atoms with Crippen LogP contribution in [0.4, 0.5) is 5.95 Å². The zero-order chi connectivity index (χ0) is 11.7. The fourth-order valence-corrected chi connectivity index (χ4v) is 1.94. The fourth-order valence-electron chi connectivity index (χ4n) is 1.94. The second-order valence-corrected chi connectivity index (χ2v) is 4.14. The van der Waals surface area contributed by atoms with E-state index in [1.54, 1.807) is 6.20 Å². The van der Waals surface area contributed by atoms with Crippen LogP contribution in [0.5, 0.6) is 0 Å². The van der Waals surface area contributed by atoms with Gasteiger partial charge in [-0.1, -0.05) is 0 Å². The number of nitrogens with one attached hydrogen (secondary N) is 3. The van der Waals surface area contributed by atoms with Crippen LogP contribution in [0.3, 0.4) is 0 Å². The summed E-state index contributed by atoms with van der Waals surface area (Å²) in [5.74, 6) is 1.36. The van der Waals surface area contributed by atoms with Gasteiger partial charge >= 0.3 is 0 Å². The van der Waals surface area contributed by atoms with E-state index in [1.165, 1.54) is 0 Å². The molecule has 8 nitrogen and oxygen atoms in total. The minimum Gasteiger partial charge on any atom is -0.337 e. The average Bonchev–Trinajstić information content (AvgIpc) is 3.00. The maximum atomic E-state index is 4.42. The molecule has 17 heavy (non-hydrogen) atoms. The van der Waals surface area contributed by atoms with Gasteiger partial charge < -0.3 is 10.2 Å². The van der Waals surface area contributed by atoms with Crippen LogP contribution >= 0.6 is 0 Å². The summed E-state index contributed by atoms with van der Waals surface area (Å²) in [5.41, 5.74) is 0.673. The zero-order valence-corrected chi connectivity index (χ0v) is 9.51. The van der Waals surface area contributed by atoms with Crippen LogP contribution in [0.25, 0.3) is 11.5 Å². The Morgan fingerprint density at radius 3 is 3.12 bits per heavy atom. The molecule has 0 unspecified atom stereocenters. The van der Waals surface area contributed by atoms with Crippen molar-refractivity contribution in [3.63, 3.8) is 0 Å². The quantitative estimate of drug-likeness (QED) is 0.641. The van der Waals surface area contributed by atoms with Crippen LogP contribution in [0, 0.1) is 0 Å². The SMILES string of the molecule is C[C@@H]1CN(c2n[nH]c(-c3cn[nH]n3)n2)CCN1. The molecule has 90 valence electrons. The first-order valence-electron chi connectivity index (χ1n) is 5.60. The maximum Gasteiger partial charge on any atom is 0.245 e. The first kappa shape index (κ1) is 10.2. The van der Waals surface area contributed by atoms with Gasteiger partial charge in [0.15, 0.2) is 5.82 Å². The molecular weight excluding hydrogens is 220 g/mol. The predicted octanol–water partition coefficient (Wildman–Crippen LogP) is -0.612. The van der Waals surface area contributed by atoms with Gasteiger partial charge in [-0.05, 0) is 6.92 Å². The van der Waals surface area contributed by atoms with Crippen molar-refractivity contribution < 1.29 is 0 Å². The van der Waals surface area contributed by atoms with Gasteiger partial charge in [-0.15, -0.1) is 5.10 Å². The summed E-state index contributed by atoms with van der Waals surface area (Å²) in [6, 6.07) is 0.456. The number of H-pyrrole nitrogens is 2. The third kappa shape index (κ3) is 1.98. The molecule has 3 heterocycles. The maximum absolute atomic E-state index is 4.42. The summed E-state index contributed by atoms with van der Waals surface area (Å²) >= 11 is 0. The summed E-state index contributed by atoms with van der Waals surface area (Å²) in [5, 5.41) is 20.7. The van der Waals surface area contributed by atoms with Crippen LogP contribution in [0.1, 0.15) is 6.92 Å². The largest absolute Gasteiger partial charge is 0.337 e. The summed E-state index contributed by atoms with van der Waals surface area (Å²) in [6.45, 7) is 4.93. The van der Waals surface area contributed by atoms with E-state index in [2.05, 4.69) is 47.7 Å². The Bertz CT molecular complexity index is 475. The molecule has 1 atom stereocenters. The van der Waals surface area contributed by atoms with E-state index >= 15 is 0 Å². The molecular formula is C9H14N8. The van der Waals surface area contributed by atoms with E-state index in [9.17, 15) is 0 Å². The minimum absolute atomic E-state index is 0.456. The molecule has 3 rings (SSSR count). The molecule has 0 bridgehead atoms. The Morgan fingerprint density at radius 1 is 1.41 bits per heavy atom. The van der Waals surface area contributed by atoms with Gasteiger partial charge in [0.05, 0.1) is 6.20 Å². The molecule has 0 radical (unpaired) electrons. The Morgan fingerprint density at radius 2 is 2.35 bits per heavy atom. The molecule has 1 saturated heterocycles. The van der Waals surface area contributed by atoms with Crippen LogP contribution in [-0.4, -0.2) is 56.3 Å². The lowest BCUT2D eigenvalue weighted by atomic mass is 10.2. The molecule has 1 aliphatic heterocycles. The zero-order valence-electron chi connectivity index (χ0n) is 9.51. The van der Waals surface area contributed by atoms with E-state index in [-0.39, 0.29) is 0 Å². The lowest BCUT2D eigenvalue weighted by molar-refractivity contribution is 0.480. The van der Waals surface area contributed by atoms with E-state index < -0.39 is 0 Å². The van der Waals surface area contributed by atoms with Gasteiger partial charge in [0.2, 0.25) is 5.95 Å². The van der Waals surface area contributed by atoms with Crippen molar-refractivity contribution in [1.82, 2.24) is 35.9 Å². The summed E-state index contributed by atoms with van der Waals surface area (Å²) in [4.78, 5) is 6.57. The number of aromatic nitrogens is 6. The molecule has 0 spiro atoms. The Kier molecular flexibility index (Phi) is 2.48. The first-order chi connectivity index (χ1) is 8.33. The van der Waals surface area contributed by atoms with Crippen molar-refractivity contribution in [2.24, 2.45) is 0 Å². The molecule has 0 saturated carbocycles. The average molecular weight is 234 g/mol. The van der Waals surface area contributed by atoms with Crippen molar-refractivity contribution >= 4 is 5.95 Å². The van der Waals surface area contributed by atoms with Gasteiger partial charge in [-0.3, -0.25) is 5.10 Å². The van der Waals surface area contributed by atoms with Crippen LogP contribution < -0.4 is 10.2 Å². The topological polar surface area (TPSA) is 98.4 Å². The normalized spacial score (nSPS) is 20.8. The summed E-state index contributed by atoms with van der Waals surface area (Å²) in [7, 11) is 0. The van der Waals surface area contributed by atoms with E-state index in [4.69, 9.17) is 0 Å². The number of hydrogen-bond donors (Lipinski definition) is 3. The van der Waals surface area contributed by atoms with E-state index in [1.807, 2.05) is 0 Å². The van der Waals surface area contributed by atoms with Crippen LogP contribution in [0.2, 0.25) is 0 Å². The summed E-state index contributed by atoms with van der Waals surface area (Å²) in [6.07, 6.45) is 1.62. The highest BCUT2D eigenvalue weighted by Crippen LogP contribution is 2.15. The molecule has 1 fully saturated rings. The van der Waals surface area contributed by atoms with Crippen molar-refractivity contribution in [1.29, 1.82) is 0 Å². The number of piperazine rings is 1. The van der Waals surface area contributed by atoms with Gasteiger partial charge in [-0.2, -0.15) is 20.4 Å². The van der Waals surface area contributed by atoms with Gasteiger partial charge in [0, 0.05) is 25.7 Å². The van der Waals surface area contributed by atoms with Crippen molar-refractivity contribution in [2.75, 3.05) is 24.5 Å². The summed E-state index contributed by atoms with van der Waals surface area (Å²) < 4.78 is 0. The second-order valence-electron chi connectivity index (χ2n) is 4.14. The van der Waals surface area contributed by atoms with Gasteiger partial charge in [0.25, 0.3) is 0 Å². The van der Waals surface area contributed by atoms with E-state index in [0.717, 1.165) is 25.6 Å². The molecule has 2 aromatic rings. The van der Waals surface area contributed by atoms with Crippen molar-refractivity contribution in [3.05, 3.63) is 6.20 Å². The van der Waals surface area contributed by atoms with Gasteiger partial charge in [-0.25, -0.2) is 0 Å². The van der Waals surface area contributed by atoms with Crippen molar-refractivity contribution in [2.45, 2.75) is 13.0 Å². The second kappa shape index (κ2) is 4.13. The molecule has 0 aromatic carbocycles. The molecule has 1 aliphatic rings. The highest BCUT2D eigenvalue weighted by Gasteiger charge is 2.19. The predicted molar refractivity (Wildman–Crippen MR) is 61.4 cm³/mol. The Balaban J connectivity index is 1.80. The molecule has 3 N–H and O–H groups in total. The molecule has 0 aliphatic carbocycles. The van der Waals surface area contributed by atoms with Crippen LogP contribution in [0.15, 0.2) is 6.20 Å². The van der Waals surface area contributed by atoms with Crippen molar-refractivity contribution in [3.8, 4) is 11.5 Å². The highest BCUT2D eigenvalue weighted by molar-refractivity contribution is 5.49. The minimum atomic E-state index is 0.456. The standard InChI is InChI=1S/C9H14N8/c1-6-5-17(3-2-10-6)9-12-8(14-15-9)7-4-11-16-13-7/h4,6,10H,2-3,5H2,1H3,(H,11,13,16)(H,12,14,15)/t6-/m1/s1. The number of hydrogen-bond acceptors (Lipinski definition) is 6. The lowest BCUT2D eigenvalue weighted by Gasteiger charge is -2.30. The van der Waals surface area contributed by atoms with E-state index in [0.29, 0.717) is 17.6 Å². The molecule has 8 heteroatoms. The highest BCUT2D eigenvalue weighted by atomic mass is 15.4. The fraction of sp³-hybridized carbons (Fsp3) is 0.556. The monoisotopic (exact) mass is 234 g/mol. The number of nitrogens with zero attached hydrogens (tertiary/aromatic N) is 5. The Labute approximate surface area is 97.8 Å². The van der Waals surface area contributed by atoms with Gasteiger partial charge in [0.1, 0.15) is 5.69 Å². The molecule has 0 amide bonds. The number of anilines is 1. The van der Waals surface area contributed by atoms with Crippen LogP contribution in [-0.2, 0) is 0 Å². The number of rotatable bonds is 2. The first-order valence-corrected chi connectivity index (χ1v) is 5.60. The lowest BCUT2D eigenvalue weighted by Crippen LogP contribution is -2.49. The third-order valence-corrected chi connectivity index (χ3v) is 2.78. The molecule has 2 aromatic heterocycles. The Hall–Kier alpha value is -1.96. The third-order valence-electron chi connectivity index (χ3n) is 2.78. The smallest absolute Gasteiger partial charge is 0.245 e.